The number of amides is 1. The van der Waals surface area contributed by atoms with Crippen molar-refractivity contribution in [1.82, 2.24) is 15.1 Å². The number of nitrogens with one attached hydrogen (secondary N) is 3. The van der Waals surface area contributed by atoms with Gasteiger partial charge in [-0.15, -0.1) is 0 Å². The topological polar surface area (TPSA) is 146 Å². The molecule has 192 valence electrons. The number of benzene rings is 2. The predicted molar refractivity (Wildman–Crippen MR) is 139 cm³/mol. The maximum Gasteiger partial charge on any atom is 0.439 e. The van der Waals surface area contributed by atoms with Crippen LogP contribution >= 0.6 is 23.2 Å². The van der Waals surface area contributed by atoms with Crippen molar-refractivity contribution >= 4 is 45.7 Å². The normalized spacial score (nSPS) is 13.8. The first-order valence-electron chi connectivity index (χ1n) is 11.4. The third-order valence-electron chi connectivity index (χ3n) is 5.63. The van der Waals surface area contributed by atoms with E-state index < -0.39 is 11.7 Å². The fourth-order valence-corrected chi connectivity index (χ4v) is 4.78. The number of anilines is 1. The van der Waals surface area contributed by atoms with Gasteiger partial charge in [0, 0.05) is 27.7 Å². The molecule has 0 radical (unpaired) electrons. The molecule has 37 heavy (non-hydrogen) atoms. The van der Waals surface area contributed by atoms with Gasteiger partial charge in [0.15, 0.2) is 5.75 Å². The summed E-state index contributed by atoms with van der Waals surface area (Å²) in [5.74, 6) is -1.50. The molecule has 3 N–H and O–H groups in total. The summed E-state index contributed by atoms with van der Waals surface area (Å²) in [6.07, 6.45) is 0. The summed E-state index contributed by atoms with van der Waals surface area (Å²) < 4.78 is 16.1. The van der Waals surface area contributed by atoms with Crippen LogP contribution in [0.5, 0.6) is 11.5 Å². The van der Waals surface area contributed by atoms with Gasteiger partial charge in [-0.2, -0.15) is 5.26 Å². The van der Waals surface area contributed by atoms with Crippen LogP contribution in [0.25, 0.3) is 10.9 Å². The third-order valence-corrected chi connectivity index (χ3v) is 6.19. The van der Waals surface area contributed by atoms with Crippen LogP contribution in [-0.2, 0) is 16.8 Å². The Labute approximate surface area is 221 Å². The number of aromatic amines is 2. The van der Waals surface area contributed by atoms with Crippen LogP contribution in [0.15, 0.2) is 33.6 Å². The van der Waals surface area contributed by atoms with Gasteiger partial charge in [0.1, 0.15) is 17.4 Å². The van der Waals surface area contributed by atoms with E-state index in [1.165, 1.54) is 12.1 Å². The molecule has 12 heteroatoms. The predicted octanol–water partition coefficient (Wildman–Crippen LogP) is 5.90. The first kappa shape index (κ1) is 26.3. The highest BCUT2D eigenvalue weighted by atomic mass is 35.5. The lowest BCUT2D eigenvalue weighted by atomic mass is 9.81. The Hall–Kier alpha value is -3.78. The lowest BCUT2D eigenvalue weighted by Crippen LogP contribution is -2.29. The van der Waals surface area contributed by atoms with Crippen molar-refractivity contribution in [2.45, 2.75) is 39.7 Å². The first-order chi connectivity index (χ1) is 17.7. The summed E-state index contributed by atoms with van der Waals surface area (Å²) in [6, 6.07) is 8.59. The Morgan fingerprint density at radius 3 is 2.54 bits per heavy atom. The van der Waals surface area contributed by atoms with E-state index >= 15 is 0 Å². The Morgan fingerprint density at radius 2 is 1.92 bits per heavy atom. The maximum absolute atomic E-state index is 12.2. The van der Waals surface area contributed by atoms with Crippen molar-refractivity contribution in [3.8, 4) is 17.6 Å². The fourth-order valence-electron chi connectivity index (χ4n) is 4.21. The van der Waals surface area contributed by atoms with Gasteiger partial charge in [-0.25, -0.2) is 4.79 Å². The molecule has 0 spiro atoms. The Morgan fingerprint density at radius 1 is 1.22 bits per heavy atom. The lowest BCUT2D eigenvalue weighted by Gasteiger charge is -2.30. The van der Waals surface area contributed by atoms with E-state index in [9.17, 15) is 14.9 Å². The van der Waals surface area contributed by atoms with Crippen molar-refractivity contribution in [3.05, 3.63) is 67.5 Å². The zero-order valence-electron chi connectivity index (χ0n) is 20.4. The molecule has 1 amide bonds. The lowest BCUT2D eigenvalue weighted by molar-refractivity contribution is 0.0630. The molecule has 4 aromatic rings. The molecule has 0 bridgehead atoms. The molecule has 0 saturated carbocycles. The summed E-state index contributed by atoms with van der Waals surface area (Å²) in [5.41, 5.74) is 3.02. The van der Waals surface area contributed by atoms with E-state index in [1.807, 2.05) is 19.9 Å². The van der Waals surface area contributed by atoms with Crippen LogP contribution < -0.4 is 15.8 Å². The fraction of sp³-hybridized carbons (Fsp3) is 0.280. The summed E-state index contributed by atoms with van der Waals surface area (Å²) in [6.45, 7) is 9.07. The van der Waals surface area contributed by atoms with Crippen LogP contribution in [0.1, 0.15) is 55.1 Å². The SMILES string of the molecule is CC.CC1(C)COCc2[nH]c3ccc(Oc4c(Cl)cc(NC(=O)c5noc(=O)[nH]5)cc4Cl)c(C#N)c3c21. The smallest absolute Gasteiger partial charge is 0.439 e. The number of nitriles is 1. The molecule has 0 aliphatic carbocycles. The van der Waals surface area contributed by atoms with Gasteiger partial charge in [0.2, 0.25) is 5.82 Å². The van der Waals surface area contributed by atoms with Crippen molar-refractivity contribution in [1.29, 1.82) is 5.26 Å². The number of hydrogen-bond donors (Lipinski definition) is 3. The number of aromatic nitrogens is 3. The monoisotopic (exact) mass is 543 g/mol. The Bertz CT molecular complexity index is 1570. The molecule has 2 aromatic carbocycles. The highest BCUT2D eigenvalue weighted by Gasteiger charge is 2.33. The van der Waals surface area contributed by atoms with Crippen molar-refractivity contribution in [3.63, 3.8) is 0 Å². The first-order valence-corrected chi connectivity index (χ1v) is 12.1. The molecule has 3 heterocycles. The minimum atomic E-state index is -0.861. The average molecular weight is 544 g/mol. The number of H-pyrrole nitrogens is 2. The number of ether oxygens (including phenoxy) is 2. The third kappa shape index (κ3) is 4.93. The number of carbonyl (C=O) groups is 1. The van der Waals surface area contributed by atoms with Gasteiger partial charge >= 0.3 is 5.76 Å². The van der Waals surface area contributed by atoms with Crippen LogP contribution in [0.3, 0.4) is 0 Å². The highest BCUT2D eigenvalue weighted by Crippen LogP contribution is 2.44. The van der Waals surface area contributed by atoms with Gasteiger partial charge in [-0.05, 0) is 35.0 Å². The molecule has 1 aliphatic rings. The zero-order valence-corrected chi connectivity index (χ0v) is 21.9. The molecule has 0 unspecified atom stereocenters. The number of carbonyl (C=O) groups excluding carboxylic acids is 1. The molecule has 5 rings (SSSR count). The Kier molecular flexibility index (Phi) is 7.32. The summed E-state index contributed by atoms with van der Waals surface area (Å²) >= 11 is 12.8. The van der Waals surface area contributed by atoms with Crippen LogP contribution in [-0.4, -0.2) is 27.6 Å². The van der Waals surface area contributed by atoms with Crippen molar-refractivity contribution in [2.24, 2.45) is 0 Å². The van der Waals surface area contributed by atoms with Gasteiger partial charge in [0.25, 0.3) is 5.91 Å². The van der Waals surface area contributed by atoms with E-state index in [-0.39, 0.29) is 38.5 Å². The van der Waals surface area contributed by atoms with E-state index in [2.05, 4.69) is 44.9 Å². The number of fused-ring (bicyclic) bond motifs is 3. The number of hydrogen-bond acceptors (Lipinski definition) is 7. The van der Waals surface area contributed by atoms with Crippen molar-refractivity contribution < 1.29 is 18.8 Å². The molecule has 0 fully saturated rings. The quantitative estimate of drug-likeness (QED) is 0.290. The van der Waals surface area contributed by atoms with Crippen LogP contribution in [0.2, 0.25) is 10.0 Å². The molecular weight excluding hydrogens is 521 g/mol. The second-order valence-corrected chi connectivity index (χ2v) is 9.41. The van der Waals surface area contributed by atoms with Gasteiger partial charge in [0.05, 0.1) is 23.3 Å². The number of rotatable bonds is 4. The molecule has 1 aliphatic heterocycles. The van der Waals surface area contributed by atoms with E-state index in [4.69, 9.17) is 32.7 Å². The number of halogens is 2. The largest absolute Gasteiger partial charge is 0.453 e. The Balaban J connectivity index is 0.00000156. The van der Waals surface area contributed by atoms with Crippen LogP contribution in [0, 0.1) is 11.3 Å². The van der Waals surface area contributed by atoms with Gasteiger partial charge in [-0.1, -0.05) is 50.9 Å². The van der Waals surface area contributed by atoms with Gasteiger partial charge < -0.3 is 19.8 Å². The standard InChI is InChI=1S/C23H17Cl2N5O5.C2H6/c1-23(2)9-33-8-15-18(23)17-11(7-26)16(4-3-14(17)28-15)34-19-12(24)5-10(6-13(19)25)27-21(31)20-29-22(32)35-30-20;1-2/h3-6,28H,8-9H2,1-2H3,(H,27,31)(H,29,30,32);1-2H3. The summed E-state index contributed by atoms with van der Waals surface area (Å²) in [7, 11) is 0. The molecule has 2 aromatic heterocycles. The average Bonchev–Trinajstić information content (AvgIpc) is 3.46. The molecule has 0 saturated heterocycles. The zero-order chi connectivity index (χ0) is 26.9. The van der Waals surface area contributed by atoms with Gasteiger partial charge in [-0.3, -0.25) is 14.3 Å². The van der Waals surface area contributed by atoms with E-state index in [1.54, 1.807) is 6.07 Å². The second-order valence-electron chi connectivity index (χ2n) is 8.60. The molecule has 10 nitrogen and oxygen atoms in total. The minimum Gasteiger partial charge on any atom is -0.453 e. The number of nitrogens with zero attached hydrogens (tertiary/aromatic N) is 2. The van der Waals surface area contributed by atoms with Crippen molar-refractivity contribution in [2.75, 3.05) is 11.9 Å². The maximum atomic E-state index is 12.2. The highest BCUT2D eigenvalue weighted by molar-refractivity contribution is 6.37. The second kappa shape index (κ2) is 10.3. The minimum absolute atomic E-state index is 0.0928. The summed E-state index contributed by atoms with van der Waals surface area (Å²) in [4.78, 5) is 28.7. The van der Waals surface area contributed by atoms with E-state index in [0.29, 0.717) is 18.8 Å². The molecular formula is C25H23Cl2N5O5. The van der Waals surface area contributed by atoms with E-state index in [0.717, 1.165) is 22.2 Å². The summed E-state index contributed by atoms with van der Waals surface area (Å²) in [5, 5.41) is 16.8. The molecule has 0 atom stereocenters. The van der Waals surface area contributed by atoms with Crippen LogP contribution in [0.4, 0.5) is 5.69 Å².